The highest BCUT2D eigenvalue weighted by Gasteiger charge is 2.33. The standard InChI is InChI=1S/C24H25ClN6O.C5H11N/c1-29(15-26)11-16-12-31(13-16)23-18-9-10-30(14-20(18)27-24(28-23)32-2)21-8-4-6-17-5-3-7-19(25)22(17)21;1-6-4-2-3-5-6/h3-8,16H,9-14H2,1-2H3;2-5H2,1H3. The Bertz CT molecular complexity index is 1310. The van der Waals surface area contributed by atoms with Crippen LogP contribution in [0.25, 0.3) is 10.8 Å². The molecule has 3 aromatic rings. The van der Waals surface area contributed by atoms with Gasteiger partial charge in [0.05, 0.1) is 24.4 Å². The van der Waals surface area contributed by atoms with Gasteiger partial charge in [0.25, 0.3) is 0 Å². The van der Waals surface area contributed by atoms with E-state index in [0.717, 1.165) is 65.6 Å². The first-order valence-corrected chi connectivity index (χ1v) is 13.7. The molecule has 2 saturated heterocycles. The minimum Gasteiger partial charge on any atom is -0.467 e. The first-order valence-electron chi connectivity index (χ1n) is 13.4. The number of hydrogen-bond acceptors (Lipinski definition) is 8. The minimum absolute atomic E-state index is 0.397. The van der Waals surface area contributed by atoms with Gasteiger partial charge >= 0.3 is 6.01 Å². The average molecular weight is 534 g/mol. The Labute approximate surface area is 230 Å². The quantitative estimate of drug-likeness (QED) is 0.353. The van der Waals surface area contributed by atoms with Crippen LogP contribution in [0.1, 0.15) is 24.1 Å². The predicted molar refractivity (Wildman–Crippen MR) is 153 cm³/mol. The summed E-state index contributed by atoms with van der Waals surface area (Å²) in [6.07, 6.45) is 5.86. The van der Waals surface area contributed by atoms with Gasteiger partial charge < -0.3 is 24.3 Å². The van der Waals surface area contributed by atoms with Gasteiger partial charge in [-0.05, 0) is 56.9 Å². The van der Waals surface area contributed by atoms with Crippen molar-refractivity contribution in [2.24, 2.45) is 5.92 Å². The topological polar surface area (TPSA) is 71.8 Å². The number of anilines is 2. The number of aromatic nitrogens is 2. The van der Waals surface area contributed by atoms with E-state index >= 15 is 0 Å². The van der Waals surface area contributed by atoms with Crippen LogP contribution in [0.15, 0.2) is 36.4 Å². The largest absolute Gasteiger partial charge is 0.467 e. The second-order valence-electron chi connectivity index (χ2n) is 10.5. The number of rotatable bonds is 5. The van der Waals surface area contributed by atoms with Gasteiger partial charge in [-0.1, -0.05) is 35.9 Å². The van der Waals surface area contributed by atoms with E-state index in [1.165, 1.54) is 31.5 Å². The van der Waals surface area contributed by atoms with Gasteiger partial charge in [-0.15, -0.1) is 0 Å². The molecule has 9 heteroatoms. The second kappa shape index (κ2) is 11.6. The highest BCUT2D eigenvalue weighted by Crippen LogP contribution is 2.37. The molecule has 0 spiro atoms. The summed E-state index contributed by atoms with van der Waals surface area (Å²) in [5.41, 5.74) is 3.32. The normalized spacial score (nSPS) is 17.3. The average Bonchev–Trinajstić information content (AvgIpc) is 3.40. The molecule has 0 N–H and O–H groups in total. The molecule has 0 saturated carbocycles. The van der Waals surface area contributed by atoms with E-state index in [2.05, 4.69) is 52.2 Å². The number of methoxy groups -OCH3 is 1. The molecule has 0 atom stereocenters. The summed E-state index contributed by atoms with van der Waals surface area (Å²) in [6.45, 7) is 6.74. The van der Waals surface area contributed by atoms with Gasteiger partial charge in [0.1, 0.15) is 5.82 Å². The highest BCUT2D eigenvalue weighted by molar-refractivity contribution is 6.36. The zero-order valence-corrected chi connectivity index (χ0v) is 23.3. The molecule has 0 radical (unpaired) electrons. The highest BCUT2D eigenvalue weighted by atomic mass is 35.5. The van der Waals surface area contributed by atoms with Crippen LogP contribution >= 0.6 is 11.6 Å². The van der Waals surface area contributed by atoms with Crippen molar-refractivity contribution >= 4 is 33.9 Å². The SMILES string of the molecule is CN1CCCC1.COc1nc2c(c(N3CC(CN(C)C#N)C3)n1)CCN(c1cccc3cccc(Cl)c13)C2. The molecule has 0 unspecified atom stereocenters. The summed E-state index contributed by atoms with van der Waals surface area (Å²) in [5.74, 6) is 1.44. The van der Waals surface area contributed by atoms with Crippen LogP contribution in [0, 0.1) is 17.4 Å². The first-order chi connectivity index (χ1) is 18.5. The molecule has 0 amide bonds. The van der Waals surface area contributed by atoms with Crippen LogP contribution in [-0.2, 0) is 13.0 Å². The zero-order valence-electron chi connectivity index (χ0n) is 22.5. The summed E-state index contributed by atoms with van der Waals surface area (Å²) >= 11 is 6.58. The van der Waals surface area contributed by atoms with Crippen molar-refractivity contribution in [2.75, 3.05) is 70.3 Å². The van der Waals surface area contributed by atoms with Crippen molar-refractivity contribution in [3.05, 3.63) is 52.7 Å². The van der Waals surface area contributed by atoms with Gasteiger partial charge in [-0.2, -0.15) is 15.2 Å². The summed E-state index contributed by atoms with van der Waals surface area (Å²) in [7, 11) is 5.61. The van der Waals surface area contributed by atoms with E-state index in [4.69, 9.17) is 31.6 Å². The van der Waals surface area contributed by atoms with Crippen LogP contribution < -0.4 is 14.5 Å². The lowest BCUT2D eigenvalue weighted by Crippen LogP contribution is -2.51. The Morgan fingerprint density at radius 2 is 1.82 bits per heavy atom. The lowest BCUT2D eigenvalue weighted by molar-refractivity contribution is 0.308. The molecule has 6 rings (SSSR count). The maximum atomic E-state index is 9.03. The van der Waals surface area contributed by atoms with E-state index in [1.807, 2.05) is 19.2 Å². The van der Waals surface area contributed by atoms with Crippen LogP contribution in [0.4, 0.5) is 11.5 Å². The van der Waals surface area contributed by atoms with E-state index in [-0.39, 0.29) is 0 Å². The number of likely N-dealkylation sites (tertiary alicyclic amines) is 1. The Morgan fingerprint density at radius 3 is 2.47 bits per heavy atom. The van der Waals surface area contributed by atoms with E-state index in [9.17, 15) is 0 Å². The summed E-state index contributed by atoms with van der Waals surface area (Å²) in [6, 6.07) is 12.7. The van der Waals surface area contributed by atoms with Gasteiger partial charge in [0.15, 0.2) is 6.19 Å². The summed E-state index contributed by atoms with van der Waals surface area (Å²) in [4.78, 5) is 18.1. The lowest BCUT2D eigenvalue weighted by atomic mass is 9.96. The maximum absolute atomic E-state index is 9.03. The van der Waals surface area contributed by atoms with Gasteiger partial charge in [-0.25, -0.2) is 0 Å². The molecule has 4 heterocycles. The summed E-state index contributed by atoms with van der Waals surface area (Å²) < 4.78 is 5.44. The number of fused-ring (bicyclic) bond motifs is 2. The Kier molecular flexibility index (Phi) is 8.06. The van der Waals surface area contributed by atoms with Crippen LogP contribution in [0.2, 0.25) is 5.02 Å². The number of benzene rings is 2. The zero-order chi connectivity index (χ0) is 26.6. The number of ether oxygens (including phenoxy) is 1. The molecule has 1 aromatic heterocycles. The van der Waals surface area contributed by atoms with Crippen LogP contribution in [0.3, 0.4) is 0 Å². The lowest BCUT2D eigenvalue weighted by Gasteiger charge is -2.43. The molecule has 3 aliphatic rings. The maximum Gasteiger partial charge on any atom is 0.318 e. The smallest absolute Gasteiger partial charge is 0.318 e. The minimum atomic E-state index is 0.397. The molecule has 2 aromatic carbocycles. The van der Waals surface area contributed by atoms with Crippen molar-refractivity contribution in [2.45, 2.75) is 25.8 Å². The third-order valence-corrected chi connectivity index (χ3v) is 7.98. The van der Waals surface area contributed by atoms with Crippen molar-refractivity contribution < 1.29 is 4.74 Å². The molecule has 8 nitrogen and oxygen atoms in total. The number of hydrogen-bond donors (Lipinski definition) is 0. The fourth-order valence-electron chi connectivity index (χ4n) is 5.65. The van der Waals surface area contributed by atoms with Crippen molar-refractivity contribution in [3.8, 4) is 12.2 Å². The van der Waals surface area contributed by atoms with Crippen molar-refractivity contribution in [1.29, 1.82) is 5.26 Å². The molecule has 2 fully saturated rings. The predicted octanol–water partition coefficient (Wildman–Crippen LogP) is 4.42. The Balaban J connectivity index is 0.000000433. The number of halogens is 1. The third kappa shape index (κ3) is 5.59. The van der Waals surface area contributed by atoms with E-state index in [0.29, 0.717) is 18.5 Å². The van der Waals surface area contributed by atoms with Crippen LogP contribution in [-0.4, -0.2) is 80.2 Å². The third-order valence-electron chi connectivity index (χ3n) is 7.67. The Hall–Kier alpha value is -3.28. The molecular weight excluding hydrogens is 498 g/mol. The van der Waals surface area contributed by atoms with Crippen LogP contribution in [0.5, 0.6) is 6.01 Å². The van der Waals surface area contributed by atoms with Crippen molar-refractivity contribution in [3.63, 3.8) is 0 Å². The monoisotopic (exact) mass is 533 g/mol. The molecular formula is C29H36ClN7O. The molecule has 200 valence electrons. The molecule has 3 aliphatic heterocycles. The van der Waals surface area contributed by atoms with E-state index < -0.39 is 0 Å². The van der Waals surface area contributed by atoms with Crippen molar-refractivity contribution in [1.82, 2.24) is 19.8 Å². The molecule has 0 aliphatic carbocycles. The van der Waals surface area contributed by atoms with E-state index in [1.54, 1.807) is 12.0 Å². The second-order valence-corrected chi connectivity index (χ2v) is 10.9. The fourth-order valence-corrected chi connectivity index (χ4v) is 5.93. The van der Waals surface area contributed by atoms with Gasteiger partial charge in [-0.3, -0.25) is 0 Å². The molecule has 0 bridgehead atoms. The van der Waals surface area contributed by atoms with Gasteiger partial charge in [0, 0.05) is 55.8 Å². The number of nitrogens with zero attached hydrogens (tertiary/aromatic N) is 7. The fraction of sp³-hybridized carbons (Fsp3) is 0.483. The molecule has 38 heavy (non-hydrogen) atoms. The number of nitriles is 1. The van der Waals surface area contributed by atoms with Gasteiger partial charge in [0.2, 0.25) is 0 Å². The Morgan fingerprint density at radius 1 is 1.08 bits per heavy atom. The first kappa shape index (κ1) is 26.3. The summed E-state index contributed by atoms with van der Waals surface area (Å²) in [5, 5.41) is 12.0.